The number of fused-ring (bicyclic) bond motifs is 1. The molecule has 0 unspecified atom stereocenters. The fraction of sp³-hybridized carbons (Fsp3) is 0.389. The van der Waals surface area contributed by atoms with Gasteiger partial charge in [0.2, 0.25) is 5.91 Å². The number of amides is 1. The van der Waals surface area contributed by atoms with Gasteiger partial charge in [-0.25, -0.2) is 4.98 Å². The van der Waals surface area contributed by atoms with Crippen LogP contribution in [0.15, 0.2) is 46.9 Å². The number of thioether (sulfide) groups is 1. The smallest absolute Gasteiger partial charge is 0.262 e. The maximum atomic E-state index is 12.7. The number of hydrogen-bond donors (Lipinski definition) is 0. The fourth-order valence-corrected chi connectivity index (χ4v) is 3.93. The van der Waals surface area contributed by atoms with Crippen LogP contribution in [-0.2, 0) is 11.3 Å². The number of allylic oxidation sites excluding steroid dienone is 1. The number of carbonyl (C=O) groups is 1. The summed E-state index contributed by atoms with van der Waals surface area (Å²) in [5, 5.41) is 0.882. The molecule has 1 fully saturated rings. The van der Waals surface area contributed by atoms with Crippen LogP contribution in [0.3, 0.4) is 0 Å². The number of carbonyl (C=O) groups excluding carboxylic acids is 1. The average molecular weight is 343 g/mol. The molecular formula is C18H21N3O2S. The number of rotatable bonds is 5. The van der Waals surface area contributed by atoms with Gasteiger partial charge in [0.25, 0.3) is 5.56 Å². The zero-order valence-corrected chi connectivity index (χ0v) is 14.6. The molecule has 1 atom stereocenters. The number of hydrogen-bond acceptors (Lipinski definition) is 4. The minimum atomic E-state index is -0.271. The summed E-state index contributed by atoms with van der Waals surface area (Å²) in [4.78, 5) is 31.8. The van der Waals surface area contributed by atoms with Gasteiger partial charge in [-0.2, -0.15) is 0 Å². The summed E-state index contributed by atoms with van der Waals surface area (Å²) < 4.78 is 1.59. The normalized spacial score (nSPS) is 15.6. The van der Waals surface area contributed by atoms with Crippen molar-refractivity contribution in [2.45, 2.75) is 36.7 Å². The first kappa shape index (κ1) is 16.8. The first-order valence-corrected chi connectivity index (χ1v) is 9.05. The van der Waals surface area contributed by atoms with Crippen LogP contribution in [-0.4, -0.2) is 38.7 Å². The fourth-order valence-electron chi connectivity index (χ4n) is 2.93. The van der Waals surface area contributed by atoms with E-state index in [4.69, 9.17) is 0 Å². The van der Waals surface area contributed by atoms with E-state index in [0.717, 1.165) is 25.9 Å². The molecule has 0 saturated carbocycles. The molecule has 0 aliphatic carbocycles. The van der Waals surface area contributed by atoms with Gasteiger partial charge in [0.15, 0.2) is 5.16 Å². The van der Waals surface area contributed by atoms with Gasteiger partial charge in [0.1, 0.15) is 0 Å². The SMILES string of the molecule is C=CCn1c(S[C@@H](C)C(=O)N2CCCC2)nc2ccccc2c1=O. The van der Waals surface area contributed by atoms with E-state index in [9.17, 15) is 9.59 Å². The van der Waals surface area contributed by atoms with Gasteiger partial charge in [0.05, 0.1) is 16.2 Å². The standard InChI is InChI=1S/C18H21N3O2S/c1-3-10-21-17(23)14-8-4-5-9-15(14)19-18(21)24-13(2)16(22)20-11-6-7-12-20/h3-5,8-9,13H,1,6-7,10-12H2,2H3/t13-/m0/s1. The third-order valence-electron chi connectivity index (χ3n) is 4.19. The topological polar surface area (TPSA) is 55.2 Å². The molecule has 3 rings (SSSR count). The van der Waals surface area contributed by atoms with Crippen LogP contribution in [0.2, 0.25) is 0 Å². The molecular weight excluding hydrogens is 322 g/mol. The van der Waals surface area contributed by atoms with Crippen molar-refractivity contribution >= 4 is 28.6 Å². The molecule has 0 spiro atoms. The van der Waals surface area contributed by atoms with E-state index in [1.54, 1.807) is 16.7 Å². The monoisotopic (exact) mass is 343 g/mol. The zero-order valence-electron chi connectivity index (χ0n) is 13.8. The quantitative estimate of drug-likeness (QED) is 0.476. The van der Waals surface area contributed by atoms with E-state index >= 15 is 0 Å². The molecule has 1 saturated heterocycles. The number of likely N-dealkylation sites (tertiary alicyclic amines) is 1. The molecule has 0 bridgehead atoms. The molecule has 24 heavy (non-hydrogen) atoms. The first-order valence-electron chi connectivity index (χ1n) is 8.17. The Morgan fingerprint density at radius 2 is 2.08 bits per heavy atom. The lowest BCUT2D eigenvalue weighted by Gasteiger charge is -2.20. The summed E-state index contributed by atoms with van der Waals surface area (Å²) in [6, 6.07) is 7.29. The molecule has 1 aromatic carbocycles. The van der Waals surface area contributed by atoms with E-state index in [0.29, 0.717) is 22.6 Å². The van der Waals surface area contributed by atoms with Crippen molar-refractivity contribution in [1.29, 1.82) is 0 Å². The van der Waals surface area contributed by atoms with Crippen LogP contribution >= 0.6 is 11.8 Å². The second-order valence-corrected chi connectivity index (χ2v) is 7.22. The molecule has 6 heteroatoms. The molecule has 1 aliphatic heterocycles. The molecule has 2 heterocycles. The number of para-hydroxylation sites is 1. The molecule has 1 amide bonds. The van der Waals surface area contributed by atoms with Crippen molar-refractivity contribution in [3.05, 3.63) is 47.3 Å². The van der Waals surface area contributed by atoms with E-state index < -0.39 is 0 Å². The predicted molar refractivity (Wildman–Crippen MR) is 97.3 cm³/mol. The highest BCUT2D eigenvalue weighted by Crippen LogP contribution is 2.25. The molecule has 0 N–H and O–H groups in total. The molecule has 1 aliphatic rings. The number of benzene rings is 1. The molecule has 126 valence electrons. The van der Waals surface area contributed by atoms with Crippen molar-refractivity contribution in [3.63, 3.8) is 0 Å². The second-order valence-electron chi connectivity index (χ2n) is 5.91. The van der Waals surface area contributed by atoms with E-state index in [2.05, 4.69) is 11.6 Å². The van der Waals surface area contributed by atoms with Crippen LogP contribution < -0.4 is 5.56 Å². The summed E-state index contributed by atoms with van der Waals surface area (Å²) in [6.45, 7) is 7.64. The molecule has 1 aromatic heterocycles. The van der Waals surface area contributed by atoms with Gasteiger partial charge in [-0.05, 0) is 31.9 Å². The first-order chi connectivity index (χ1) is 11.6. The van der Waals surface area contributed by atoms with Gasteiger partial charge in [0, 0.05) is 19.6 Å². The minimum Gasteiger partial charge on any atom is -0.342 e. The van der Waals surface area contributed by atoms with Crippen LogP contribution in [0.5, 0.6) is 0 Å². The highest BCUT2D eigenvalue weighted by Gasteiger charge is 2.25. The van der Waals surface area contributed by atoms with Crippen LogP contribution in [0.1, 0.15) is 19.8 Å². The van der Waals surface area contributed by atoms with Gasteiger partial charge < -0.3 is 4.90 Å². The van der Waals surface area contributed by atoms with Crippen molar-refractivity contribution in [2.24, 2.45) is 0 Å². The highest BCUT2D eigenvalue weighted by molar-refractivity contribution is 8.00. The van der Waals surface area contributed by atoms with Gasteiger partial charge in [-0.1, -0.05) is 30.0 Å². The Morgan fingerprint density at radius 3 is 2.79 bits per heavy atom. The maximum absolute atomic E-state index is 12.7. The van der Waals surface area contributed by atoms with E-state index in [-0.39, 0.29) is 16.7 Å². The molecule has 5 nitrogen and oxygen atoms in total. The van der Waals surface area contributed by atoms with Crippen LogP contribution in [0, 0.1) is 0 Å². The predicted octanol–water partition coefficient (Wildman–Crippen LogP) is 2.69. The Kier molecular flexibility index (Phi) is 5.04. The summed E-state index contributed by atoms with van der Waals surface area (Å²) in [5.41, 5.74) is 0.565. The van der Waals surface area contributed by atoms with Gasteiger partial charge >= 0.3 is 0 Å². The summed E-state index contributed by atoms with van der Waals surface area (Å²) in [5.74, 6) is 0.116. The Balaban J connectivity index is 1.95. The van der Waals surface area contributed by atoms with Crippen molar-refractivity contribution < 1.29 is 4.79 Å². The Labute approximate surface area is 145 Å². The van der Waals surface area contributed by atoms with Crippen LogP contribution in [0.25, 0.3) is 10.9 Å². The lowest BCUT2D eigenvalue weighted by atomic mass is 10.2. The van der Waals surface area contributed by atoms with Crippen molar-refractivity contribution in [1.82, 2.24) is 14.5 Å². The average Bonchev–Trinajstić information content (AvgIpc) is 3.12. The zero-order chi connectivity index (χ0) is 17.1. The van der Waals surface area contributed by atoms with Crippen molar-refractivity contribution in [2.75, 3.05) is 13.1 Å². The van der Waals surface area contributed by atoms with E-state index in [1.165, 1.54) is 11.8 Å². The summed E-state index contributed by atoms with van der Waals surface area (Å²) in [7, 11) is 0. The van der Waals surface area contributed by atoms with Crippen molar-refractivity contribution in [3.8, 4) is 0 Å². The highest BCUT2D eigenvalue weighted by atomic mass is 32.2. The third-order valence-corrected chi connectivity index (χ3v) is 5.26. The lowest BCUT2D eigenvalue weighted by molar-refractivity contribution is -0.129. The molecule has 0 radical (unpaired) electrons. The van der Waals surface area contributed by atoms with Crippen LogP contribution in [0.4, 0.5) is 0 Å². The Bertz CT molecular complexity index is 825. The Morgan fingerprint density at radius 1 is 1.38 bits per heavy atom. The number of nitrogens with zero attached hydrogens (tertiary/aromatic N) is 3. The van der Waals surface area contributed by atoms with Gasteiger partial charge in [-0.3, -0.25) is 14.2 Å². The maximum Gasteiger partial charge on any atom is 0.262 e. The molecule has 2 aromatic rings. The third kappa shape index (κ3) is 3.24. The minimum absolute atomic E-state index is 0.0937. The summed E-state index contributed by atoms with van der Waals surface area (Å²) in [6.07, 6.45) is 3.81. The summed E-state index contributed by atoms with van der Waals surface area (Å²) >= 11 is 1.35. The number of aromatic nitrogens is 2. The van der Waals surface area contributed by atoms with E-state index in [1.807, 2.05) is 30.0 Å². The van der Waals surface area contributed by atoms with Gasteiger partial charge in [-0.15, -0.1) is 6.58 Å². The Hall–Kier alpha value is -2.08. The largest absolute Gasteiger partial charge is 0.342 e. The second kappa shape index (κ2) is 7.21. The lowest BCUT2D eigenvalue weighted by Crippen LogP contribution is -2.34.